The maximum atomic E-state index is 13.8. The maximum Gasteiger partial charge on any atom is 0.275 e. The molecule has 0 aliphatic heterocycles. The number of benzene rings is 1. The Balaban J connectivity index is 2.04. The summed E-state index contributed by atoms with van der Waals surface area (Å²) in [6.07, 6.45) is 3.13. The van der Waals surface area contributed by atoms with Gasteiger partial charge >= 0.3 is 0 Å². The van der Waals surface area contributed by atoms with E-state index in [-0.39, 0.29) is 11.4 Å². The van der Waals surface area contributed by atoms with E-state index in [1.165, 1.54) is 28.3 Å². The number of thiophene rings is 1. The van der Waals surface area contributed by atoms with Crippen LogP contribution in [0.25, 0.3) is 26.1 Å². The topological polar surface area (TPSA) is 59.8 Å². The van der Waals surface area contributed by atoms with Gasteiger partial charge in [-0.1, -0.05) is 6.07 Å². The minimum absolute atomic E-state index is 0.228. The van der Waals surface area contributed by atoms with Crippen LogP contribution in [0.4, 0.5) is 10.1 Å². The number of fused-ring (bicyclic) bond motifs is 3. The summed E-state index contributed by atoms with van der Waals surface area (Å²) in [4.78, 5) is 22.4. The zero-order valence-corrected chi connectivity index (χ0v) is 13.8. The highest BCUT2D eigenvalue weighted by molar-refractivity contribution is 7.25. The average Bonchev–Trinajstić information content (AvgIpc) is 2.97. The van der Waals surface area contributed by atoms with Crippen LogP contribution in [0, 0.1) is 12.7 Å². The Kier molecular flexibility index (Phi) is 3.31. The summed E-state index contributed by atoms with van der Waals surface area (Å²) in [7, 11) is 1.81. The van der Waals surface area contributed by atoms with Crippen LogP contribution in [0.3, 0.4) is 0 Å². The third-order valence-electron chi connectivity index (χ3n) is 3.99. The van der Waals surface area contributed by atoms with Crippen molar-refractivity contribution in [1.29, 1.82) is 0 Å². The summed E-state index contributed by atoms with van der Waals surface area (Å²) in [5.74, 6) is -0.352. The minimum atomic E-state index is -0.352. The molecule has 7 heteroatoms. The van der Waals surface area contributed by atoms with Crippen molar-refractivity contribution < 1.29 is 4.39 Å². The number of anilines is 1. The first-order chi connectivity index (χ1) is 11.6. The highest BCUT2D eigenvalue weighted by Gasteiger charge is 2.16. The molecule has 0 aliphatic carbocycles. The number of rotatable bonds is 2. The van der Waals surface area contributed by atoms with Gasteiger partial charge in [0.15, 0.2) is 0 Å². The van der Waals surface area contributed by atoms with Crippen LogP contribution in [0.15, 0.2) is 41.6 Å². The van der Waals surface area contributed by atoms with Crippen molar-refractivity contribution in [1.82, 2.24) is 14.5 Å². The summed E-state index contributed by atoms with van der Waals surface area (Å²) in [5.41, 5.74) is 2.24. The van der Waals surface area contributed by atoms with Gasteiger partial charge in [0.1, 0.15) is 21.7 Å². The van der Waals surface area contributed by atoms with E-state index in [2.05, 4.69) is 15.3 Å². The van der Waals surface area contributed by atoms with Crippen LogP contribution in [-0.2, 0) is 0 Å². The molecule has 4 aromatic rings. The molecule has 0 saturated carbocycles. The molecule has 3 aromatic heterocycles. The van der Waals surface area contributed by atoms with Crippen LogP contribution in [-0.4, -0.2) is 21.6 Å². The fourth-order valence-corrected chi connectivity index (χ4v) is 3.73. The van der Waals surface area contributed by atoms with Gasteiger partial charge in [0, 0.05) is 18.9 Å². The van der Waals surface area contributed by atoms with Crippen LogP contribution in [0.1, 0.15) is 5.56 Å². The molecular weight excluding hydrogens is 327 g/mol. The summed E-state index contributed by atoms with van der Waals surface area (Å²) in [5, 5.41) is 3.93. The third-order valence-corrected chi connectivity index (χ3v) is 5.06. The van der Waals surface area contributed by atoms with Gasteiger partial charge in [0.2, 0.25) is 0 Å². The number of hydrogen-bond acceptors (Lipinski definition) is 5. The van der Waals surface area contributed by atoms with Crippen molar-refractivity contribution in [3.05, 3.63) is 58.5 Å². The maximum absolute atomic E-state index is 13.8. The number of nitrogens with zero attached hydrogens (tertiary/aromatic N) is 3. The van der Waals surface area contributed by atoms with Gasteiger partial charge in [-0.05, 0) is 30.7 Å². The number of aromatic nitrogens is 3. The Morgan fingerprint density at radius 2 is 2.08 bits per heavy atom. The lowest BCUT2D eigenvalue weighted by Gasteiger charge is -2.06. The van der Waals surface area contributed by atoms with Gasteiger partial charge in [-0.2, -0.15) is 0 Å². The zero-order valence-electron chi connectivity index (χ0n) is 13.0. The summed E-state index contributed by atoms with van der Waals surface area (Å²) in [6, 6.07) is 6.54. The van der Waals surface area contributed by atoms with Crippen molar-refractivity contribution in [2.75, 3.05) is 12.4 Å². The molecule has 0 aliphatic rings. The molecule has 5 nitrogen and oxygen atoms in total. The Bertz CT molecular complexity index is 1150. The first kappa shape index (κ1) is 14.8. The molecule has 0 bridgehead atoms. The zero-order chi connectivity index (χ0) is 16.8. The van der Waals surface area contributed by atoms with Crippen molar-refractivity contribution >= 4 is 37.5 Å². The van der Waals surface area contributed by atoms with E-state index in [1.54, 1.807) is 25.3 Å². The highest BCUT2D eigenvalue weighted by Crippen LogP contribution is 2.33. The second-order valence-corrected chi connectivity index (χ2v) is 6.42. The van der Waals surface area contributed by atoms with Gasteiger partial charge < -0.3 is 5.32 Å². The van der Waals surface area contributed by atoms with E-state index in [9.17, 15) is 9.18 Å². The lowest BCUT2D eigenvalue weighted by Crippen LogP contribution is -2.18. The second kappa shape index (κ2) is 5.38. The first-order valence-electron chi connectivity index (χ1n) is 7.33. The molecule has 120 valence electrons. The van der Waals surface area contributed by atoms with Crippen molar-refractivity contribution in [2.24, 2.45) is 0 Å². The number of aryl methyl sites for hydroxylation is 1. The molecule has 0 unspecified atom stereocenters. The molecule has 0 atom stereocenters. The predicted molar refractivity (Wildman–Crippen MR) is 94.8 cm³/mol. The summed E-state index contributed by atoms with van der Waals surface area (Å²) < 4.78 is 15.7. The smallest absolute Gasteiger partial charge is 0.275 e. The molecule has 0 radical (unpaired) electrons. The second-order valence-electron chi connectivity index (χ2n) is 5.42. The van der Waals surface area contributed by atoms with Crippen LogP contribution >= 0.6 is 11.3 Å². The van der Waals surface area contributed by atoms with E-state index in [0.717, 1.165) is 15.9 Å². The standard InChI is InChI=1S/C17H13FN4OS/c1-9-3-4-10(7-11(9)18)22-8-21-14-13-12(19-2)5-6-20-16(13)24-15(14)17(22)23/h3-8H,1-2H3,(H,19,20). The summed E-state index contributed by atoms with van der Waals surface area (Å²) in [6.45, 7) is 1.68. The Labute approximate surface area is 140 Å². The SMILES string of the molecule is CNc1ccnc2sc3c(=O)n(-c4ccc(C)c(F)c4)cnc3c12. The van der Waals surface area contributed by atoms with E-state index < -0.39 is 0 Å². The number of nitrogens with one attached hydrogen (secondary N) is 1. The largest absolute Gasteiger partial charge is 0.387 e. The van der Waals surface area contributed by atoms with Gasteiger partial charge in [0.25, 0.3) is 5.56 Å². The fraction of sp³-hybridized carbons (Fsp3) is 0.118. The number of halogens is 1. The molecule has 24 heavy (non-hydrogen) atoms. The molecular formula is C17H13FN4OS. The fourth-order valence-electron chi connectivity index (χ4n) is 2.68. The van der Waals surface area contributed by atoms with E-state index in [0.29, 0.717) is 21.5 Å². The number of hydrogen-bond donors (Lipinski definition) is 1. The van der Waals surface area contributed by atoms with E-state index >= 15 is 0 Å². The van der Waals surface area contributed by atoms with Gasteiger partial charge in [-0.15, -0.1) is 11.3 Å². The van der Waals surface area contributed by atoms with E-state index in [1.807, 2.05) is 13.1 Å². The van der Waals surface area contributed by atoms with Gasteiger partial charge in [-0.25, -0.2) is 14.4 Å². The molecule has 0 saturated heterocycles. The van der Waals surface area contributed by atoms with E-state index in [4.69, 9.17) is 0 Å². The monoisotopic (exact) mass is 340 g/mol. The van der Waals surface area contributed by atoms with Gasteiger partial charge in [-0.3, -0.25) is 9.36 Å². The molecule has 1 N–H and O–H groups in total. The Hall–Kier alpha value is -2.80. The van der Waals surface area contributed by atoms with Crippen molar-refractivity contribution in [3.8, 4) is 5.69 Å². The molecule has 4 rings (SSSR count). The lowest BCUT2D eigenvalue weighted by molar-refractivity contribution is 0.617. The van der Waals surface area contributed by atoms with Gasteiger partial charge in [0.05, 0.1) is 16.6 Å². The van der Waals surface area contributed by atoms with Crippen molar-refractivity contribution in [3.63, 3.8) is 0 Å². The lowest BCUT2D eigenvalue weighted by atomic mass is 10.2. The number of pyridine rings is 1. The molecule has 3 heterocycles. The third kappa shape index (κ3) is 2.09. The predicted octanol–water partition coefficient (Wildman–Crippen LogP) is 3.48. The summed E-state index contributed by atoms with van der Waals surface area (Å²) >= 11 is 1.29. The molecule has 0 amide bonds. The molecule has 1 aromatic carbocycles. The average molecular weight is 340 g/mol. The molecule has 0 spiro atoms. The van der Waals surface area contributed by atoms with Crippen molar-refractivity contribution in [2.45, 2.75) is 6.92 Å². The normalized spacial score (nSPS) is 11.3. The van der Waals surface area contributed by atoms with Crippen LogP contribution in [0.2, 0.25) is 0 Å². The van der Waals surface area contributed by atoms with Crippen LogP contribution < -0.4 is 10.9 Å². The Morgan fingerprint density at radius 1 is 1.25 bits per heavy atom. The molecule has 0 fully saturated rings. The minimum Gasteiger partial charge on any atom is -0.387 e. The quantitative estimate of drug-likeness (QED) is 0.607. The Morgan fingerprint density at radius 3 is 2.83 bits per heavy atom. The highest BCUT2D eigenvalue weighted by atomic mass is 32.1. The first-order valence-corrected chi connectivity index (χ1v) is 8.15. The van der Waals surface area contributed by atoms with Crippen LogP contribution in [0.5, 0.6) is 0 Å².